The fraction of sp³-hybridized carbons (Fsp3) is 0. The summed E-state index contributed by atoms with van der Waals surface area (Å²) in [5.74, 6) is 0. The van der Waals surface area contributed by atoms with Gasteiger partial charge in [-0.05, 0) is 29.8 Å². The molecule has 1 aliphatic rings. The summed E-state index contributed by atoms with van der Waals surface area (Å²) in [6.07, 6.45) is 6.48. The molecule has 0 saturated heterocycles. The number of allylic oxidation sites excluding steroid dienone is 5. The molecule has 0 aromatic heterocycles. The van der Waals surface area contributed by atoms with Gasteiger partial charge in [-0.1, -0.05) is 48.5 Å². The second-order valence-electron chi connectivity index (χ2n) is 5.16. The number of anilines is 1. The van der Waals surface area contributed by atoms with Gasteiger partial charge in [0.1, 0.15) is 0 Å². The quantitative estimate of drug-likeness (QED) is 0.667. The minimum atomic E-state index is -0.401. The van der Waals surface area contributed by atoms with E-state index in [-0.39, 0.29) is 5.71 Å². The van der Waals surface area contributed by atoms with Crippen LogP contribution in [0.25, 0.3) is 5.70 Å². The van der Waals surface area contributed by atoms with Crippen molar-refractivity contribution >= 4 is 17.1 Å². The molecule has 0 saturated carbocycles. The molecule has 0 unspecified atom stereocenters. The van der Waals surface area contributed by atoms with Crippen molar-refractivity contribution in [3.05, 3.63) is 107 Å². The molecule has 0 atom stereocenters. The molecule has 5 nitrogen and oxygen atoms in total. The molecule has 0 spiro atoms. The molecule has 0 aliphatic heterocycles. The first-order valence-corrected chi connectivity index (χ1v) is 7.48. The molecular formula is C19H16N3O2-. The van der Waals surface area contributed by atoms with E-state index in [1.54, 1.807) is 12.2 Å². The Morgan fingerprint density at radius 2 is 1.33 bits per heavy atom. The van der Waals surface area contributed by atoms with Gasteiger partial charge in [0.15, 0.2) is 0 Å². The highest BCUT2D eigenvalue weighted by Crippen LogP contribution is 2.20. The minimum absolute atomic E-state index is 0.0715. The number of hydrogen-bond acceptors (Lipinski definition) is 4. The maximum Gasteiger partial charge on any atom is 0.222 e. The SMILES string of the molecule is [O-][N+]([O-])=C1C=CC(=C(NNc2ccccc2)c2ccccc2)C=C1. The second kappa shape index (κ2) is 7.19. The number of hydrogen-bond donors (Lipinski definition) is 2. The molecule has 0 fully saturated rings. The van der Waals surface area contributed by atoms with Crippen LogP contribution in [-0.4, -0.2) is 10.6 Å². The second-order valence-corrected chi connectivity index (χ2v) is 5.16. The van der Waals surface area contributed by atoms with Gasteiger partial charge in [-0.2, -0.15) is 4.90 Å². The van der Waals surface area contributed by atoms with Gasteiger partial charge >= 0.3 is 0 Å². The highest BCUT2D eigenvalue weighted by molar-refractivity contribution is 6.03. The van der Waals surface area contributed by atoms with Crippen molar-refractivity contribution in [2.45, 2.75) is 0 Å². The van der Waals surface area contributed by atoms with Gasteiger partial charge in [-0.3, -0.25) is 5.43 Å². The molecule has 5 heteroatoms. The van der Waals surface area contributed by atoms with E-state index in [0.29, 0.717) is 0 Å². The molecule has 24 heavy (non-hydrogen) atoms. The van der Waals surface area contributed by atoms with Crippen LogP contribution in [0.4, 0.5) is 5.69 Å². The topological polar surface area (TPSA) is 73.2 Å². The van der Waals surface area contributed by atoms with E-state index >= 15 is 0 Å². The van der Waals surface area contributed by atoms with Crippen LogP contribution in [0.3, 0.4) is 0 Å². The number of para-hydroxylation sites is 1. The van der Waals surface area contributed by atoms with Gasteiger partial charge in [-0.25, -0.2) is 0 Å². The van der Waals surface area contributed by atoms with Crippen molar-refractivity contribution in [2.75, 3.05) is 5.43 Å². The molecule has 0 radical (unpaired) electrons. The molecular weight excluding hydrogens is 302 g/mol. The van der Waals surface area contributed by atoms with Crippen LogP contribution in [0, 0.1) is 10.4 Å². The van der Waals surface area contributed by atoms with Crippen molar-refractivity contribution in [2.24, 2.45) is 0 Å². The largest absolute Gasteiger partial charge is 0.612 e. The van der Waals surface area contributed by atoms with Gasteiger partial charge in [-0.15, -0.1) is 0 Å². The Balaban J connectivity index is 1.92. The summed E-state index contributed by atoms with van der Waals surface area (Å²) in [5.41, 5.74) is 10.0. The van der Waals surface area contributed by atoms with Crippen molar-refractivity contribution in [1.82, 2.24) is 5.43 Å². The summed E-state index contributed by atoms with van der Waals surface area (Å²) in [7, 11) is 0. The summed E-state index contributed by atoms with van der Waals surface area (Å²) in [6.45, 7) is 0. The van der Waals surface area contributed by atoms with Crippen LogP contribution in [0.15, 0.2) is 90.5 Å². The van der Waals surface area contributed by atoms with Gasteiger partial charge in [0, 0.05) is 17.7 Å². The maximum absolute atomic E-state index is 10.8. The fourth-order valence-electron chi connectivity index (χ4n) is 2.32. The molecule has 1 aliphatic carbocycles. The summed E-state index contributed by atoms with van der Waals surface area (Å²) in [4.78, 5) is -0.401. The summed E-state index contributed by atoms with van der Waals surface area (Å²) in [6, 6.07) is 19.5. The lowest BCUT2D eigenvalue weighted by Gasteiger charge is -2.17. The van der Waals surface area contributed by atoms with Gasteiger partial charge < -0.3 is 15.8 Å². The lowest BCUT2D eigenvalue weighted by atomic mass is 10.0. The summed E-state index contributed by atoms with van der Waals surface area (Å²) >= 11 is 0. The number of nitrogens with zero attached hydrogens (tertiary/aromatic N) is 1. The van der Waals surface area contributed by atoms with E-state index < -0.39 is 4.90 Å². The van der Waals surface area contributed by atoms with Crippen molar-refractivity contribution in [1.29, 1.82) is 0 Å². The number of benzene rings is 2. The third-order valence-corrected chi connectivity index (χ3v) is 3.53. The molecule has 0 bridgehead atoms. The first-order chi connectivity index (χ1) is 11.7. The van der Waals surface area contributed by atoms with E-state index in [2.05, 4.69) is 10.9 Å². The van der Waals surface area contributed by atoms with Gasteiger partial charge in [0.25, 0.3) is 0 Å². The molecule has 2 aromatic carbocycles. The number of nitrogens with one attached hydrogen (secondary N) is 2. The Kier molecular flexibility index (Phi) is 4.62. The van der Waals surface area contributed by atoms with Crippen LogP contribution in [0.1, 0.15) is 5.56 Å². The fourth-order valence-corrected chi connectivity index (χ4v) is 2.32. The standard InChI is InChI=1S/C19H16N3O2/c23-22(24)18-13-11-16(12-14-18)19(15-7-3-1-4-8-15)21-20-17-9-5-2-6-10-17/h1-14,20-21H/q-1. The van der Waals surface area contributed by atoms with E-state index in [9.17, 15) is 10.4 Å². The Hall–Kier alpha value is -3.47. The zero-order valence-corrected chi connectivity index (χ0v) is 12.8. The Bertz CT molecular complexity index is 800. The highest BCUT2D eigenvalue weighted by atomic mass is 16.8. The normalized spacial score (nSPS) is 12.8. The Morgan fingerprint density at radius 3 is 1.92 bits per heavy atom. The van der Waals surface area contributed by atoms with Crippen LogP contribution in [-0.2, 0) is 0 Å². The van der Waals surface area contributed by atoms with Crippen LogP contribution in [0.5, 0.6) is 0 Å². The smallest absolute Gasteiger partial charge is 0.222 e. The van der Waals surface area contributed by atoms with Gasteiger partial charge in [0.05, 0.1) is 11.4 Å². The molecule has 0 heterocycles. The van der Waals surface area contributed by atoms with Crippen LogP contribution < -0.4 is 10.9 Å². The highest BCUT2D eigenvalue weighted by Gasteiger charge is 2.10. The first kappa shape index (κ1) is 15.4. The van der Waals surface area contributed by atoms with Crippen LogP contribution >= 0.6 is 0 Å². The average molecular weight is 318 g/mol. The van der Waals surface area contributed by atoms with E-state index in [0.717, 1.165) is 22.5 Å². The molecule has 2 aromatic rings. The predicted octanol–water partition coefficient (Wildman–Crippen LogP) is 3.59. The molecule has 2 N–H and O–H groups in total. The van der Waals surface area contributed by atoms with Gasteiger partial charge in [0.2, 0.25) is 5.71 Å². The summed E-state index contributed by atoms with van der Waals surface area (Å²) in [5, 5.41) is 21.7. The Labute approximate surface area is 140 Å². The lowest BCUT2D eigenvalue weighted by molar-refractivity contribution is -0.377. The van der Waals surface area contributed by atoms with Crippen molar-refractivity contribution in [3.63, 3.8) is 0 Å². The number of hydrazine groups is 1. The summed E-state index contributed by atoms with van der Waals surface area (Å²) < 4.78 is 0. The first-order valence-electron chi connectivity index (χ1n) is 7.48. The van der Waals surface area contributed by atoms with Crippen molar-refractivity contribution in [3.8, 4) is 0 Å². The Morgan fingerprint density at radius 1 is 0.750 bits per heavy atom. The molecule has 0 amide bonds. The maximum atomic E-state index is 10.8. The third-order valence-electron chi connectivity index (χ3n) is 3.53. The zero-order valence-electron chi connectivity index (χ0n) is 12.8. The molecule has 120 valence electrons. The average Bonchev–Trinajstić information content (AvgIpc) is 2.64. The monoisotopic (exact) mass is 318 g/mol. The third kappa shape index (κ3) is 3.64. The zero-order chi connectivity index (χ0) is 16.8. The lowest BCUT2D eigenvalue weighted by Crippen LogP contribution is -2.21. The van der Waals surface area contributed by atoms with E-state index in [1.807, 2.05) is 60.7 Å². The van der Waals surface area contributed by atoms with Crippen LogP contribution in [0.2, 0.25) is 0 Å². The van der Waals surface area contributed by atoms with Crippen molar-refractivity contribution < 1.29 is 4.90 Å². The van der Waals surface area contributed by atoms with E-state index in [4.69, 9.17) is 0 Å². The number of rotatable bonds is 4. The molecule has 3 rings (SSSR count). The van der Waals surface area contributed by atoms with E-state index in [1.165, 1.54) is 12.2 Å². The predicted molar refractivity (Wildman–Crippen MR) is 96.8 cm³/mol. The minimum Gasteiger partial charge on any atom is -0.612 e.